The second-order valence-electron chi connectivity index (χ2n) is 7.75. The van der Waals surface area contributed by atoms with Gasteiger partial charge in [0.1, 0.15) is 0 Å². The molecule has 7 heteroatoms. The Morgan fingerprint density at radius 1 is 1.03 bits per heavy atom. The quantitative estimate of drug-likeness (QED) is 0.385. The van der Waals surface area contributed by atoms with Gasteiger partial charge in [0, 0.05) is 45.2 Å². The van der Waals surface area contributed by atoms with Crippen molar-refractivity contribution in [3.8, 4) is 17.2 Å². The third kappa shape index (κ3) is 5.98. The van der Waals surface area contributed by atoms with E-state index in [0.29, 0.717) is 11.5 Å². The summed E-state index contributed by atoms with van der Waals surface area (Å²) in [7, 11) is 3.05. The van der Waals surface area contributed by atoms with E-state index >= 15 is 0 Å². The van der Waals surface area contributed by atoms with E-state index in [-0.39, 0.29) is 5.75 Å². The van der Waals surface area contributed by atoms with Crippen molar-refractivity contribution in [3.63, 3.8) is 0 Å². The second-order valence-corrected chi connectivity index (χ2v) is 7.75. The number of hydrazone groups is 1. The molecule has 0 aromatic heterocycles. The zero-order valence-electron chi connectivity index (χ0n) is 19.0. The monoisotopic (exact) mass is 425 g/mol. The van der Waals surface area contributed by atoms with Gasteiger partial charge < -0.3 is 14.2 Å². The first-order chi connectivity index (χ1) is 14.9. The molecule has 0 atom stereocenters. The molecule has 0 N–H and O–H groups in total. The summed E-state index contributed by atoms with van der Waals surface area (Å²) in [6.45, 7) is 10.3. The van der Waals surface area contributed by atoms with Crippen molar-refractivity contribution < 1.29 is 19.0 Å². The van der Waals surface area contributed by atoms with Gasteiger partial charge in [-0.1, -0.05) is 23.8 Å². The van der Waals surface area contributed by atoms with E-state index in [1.807, 2.05) is 0 Å². The molecule has 1 aliphatic heterocycles. The van der Waals surface area contributed by atoms with Gasteiger partial charge >= 0.3 is 5.97 Å². The van der Waals surface area contributed by atoms with Gasteiger partial charge in [-0.05, 0) is 37.1 Å². The molecule has 31 heavy (non-hydrogen) atoms. The zero-order chi connectivity index (χ0) is 22.4. The number of carbonyl (C=O) groups is 1. The summed E-state index contributed by atoms with van der Waals surface area (Å²) >= 11 is 0. The van der Waals surface area contributed by atoms with Crippen LogP contribution in [0.4, 0.5) is 0 Å². The predicted octanol–water partition coefficient (Wildman–Crippen LogP) is 3.40. The molecule has 0 aliphatic carbocycles. The molecule has 1 fully saturated rings. The van der Waals surface area contributed by atoms with Crippen LogP contribution in [0.2, 0.25) is 0 Å². The van der Waals surface area contributed by atoms with Gasteiger partial charge in [-0.15, -0.1) is 0 Å². The SMILES string of the molecule is COc1cc(/C=N\N2CCN(Cc3ccc(C)cc3C)CC2)cc(OC)c1OC(C)=O. The molecule has 1 aliphatic rings. The van der Waals surface area contributed by atoms with Crippen LogP contribution in [-0.4, -0.2) is 62.5 Å². The summed E-state index contributed by atoms with van der Waals surface area (Å²) < 4.78 is 16.0. The van der Waals surface area contributed by atoms with E-state index in [4.69, 9.17) is 14.2 Å². The number of hydrogen-bond donors (Lipinski definition) is 0. The molecule has 0 unspecified atom stereocenters. The molecule has 2 aromatic rings. The second kappa shape index (κ2) is 10.3. The summed E-state index contributed by atoms with van der Waals surface area (Å²) in [6, 6.07) is 10.2. The van der Waals surface area contributed by atoms with E-state index in [1.54, 1.807) is 18.3 Å². The van der Waals surface area contributed by atoms with Crippen molar-refractivity contribution in [2.24, 2.45) is 5.10 Å². The number of rotatable bonds is 7. The van der Waals surface area contributed by atoms with E-state index in [1.165, 1.54) is 37.8 Å². The van der Waals surface area contributed by atoms with E-state index in [0.717, 1.165) is 38.3 Å². The largest absolute Gasteiger partial charge is 0.493 e. The van der Waals surface area contributed by atoms with Crippen molar-refractivity contribution in [3.05, 3.63) is 52.6 Å². The molecule has 0 saturated carbocycles. The summed E-state index contributed by atoms with van der Waals surface area (Å²) in [4.78, 5) is 13.8. The van der Waals surface area contributed by atoms with Gasteiger partial charge in [-0.25, -0.2) is 0 Å². The average molecular weight is 426 g/mol. The Morgan fingerprint density at radius 3 is 2.23 bits per heavy atom. The first kappa shape index (κ1) is 22.6. The van der Waals surface area contributed by atoms with Gasteiger partial charge in [0.2, 0.25) is 5.75 Å². The third-order valence-corrected chi connectivity index (χ3v) is 5.34. The van der Waals surface area contributed by atoms with Crippen molar-refractivity contribution in [2.45, 2.75) is 27.3 Å². The lowest BCUT2D eigenvalue weighted by atomic mass is 10.1. The minimum absolute atomic E-state index is 0.273. The highest BCUT2D eigenvalue weighted by atomic mass is 16.6. The zero-order valence-corrected chi connectivity index (χ0v) is 19.0. The molecular formula is C24H31N3O4. The minimum atomic E-state index is -0.434. The van der Waals surface area contributed by atoms with Crippen LogP contribution in [0, 0.1) is 13.8 Å². The van der Waals surface area contributed by atoms with Crippen molar-refractivity contribution in [1.82, 2.24) is 9.91 Å². The Morgan fingerprint density at radius 2 is 1.68 bits per heavy atom. The summed E-state index contributed by atoms with van der Waals surface area (Å²) in [6.07, 6.45) is 1.78. The standard InChI is InChI=1S/C24H31N3O4/c1-17-6-7-21(18(2)12-17)16-26-8-10-27(11-9-26)25-15-20-13-22(29-4)24(31-19(3)28)23(14-20)30-5/h6-7,12-15H,8-11,16H2,1-5H3/b25-15-. The highest BCUT2D eigenvalue weighted by Crippen LogP contribution is 2.38. The fraction of sp³-hybridized carbons (Fsp3) is 0.417. The van der Waals surface area contributed by atoms with Crippen LogP contribution in [0.3, 0.4) is 0 Å². The topological polar surface area (TPSA) is 63.6 Å². The van der Waals surface area contributed by atoms with Gasteiger partial charge in [0.05, 0.1) is 20.4 Å². The molecule has 0 amide bonds. The first-order valence-corrected chi connectivity index (χ1v) is 10.4. The fourth-order valence-corrected chi connectivity index (χ4v) is 3.64. The van der Waals surface area contributed by atoms with Crippen molar-refractivity contribution in [1.29, 1.82) is 0 Å². The van der Waals surface area contributed by atoms with Gasteiger partial charge in [0.25, 0.3) is 0 Å². The summed E-state index contributed by atoms with van der Waals surface area (Å²) in [5.74, 6) is 0.690. The number of ether oxygens (including phenoxy) is 3. The van der Waals surface area contributed by atoms with E-state index < -0.39 is 5.97 Å². The number of hydrogen-bond acceptors (Lipinski definition) is 7. The lowest BCUT2D eigenvalue weighted by Gasteiger charge is -2.33. The van der Waals surface area contributed by atoms with Crippen LogP contribution in [0.5, 0.6) is 17.2 Å². The Labute approximate surface area is 184 Å². The molecule has 166 valence electrons. The maximum atomic E-state index is 11.4. The highest BCUT2D eigenvalue weighted by molar-refractivity contribution is 5.83. The average Bonchev–Trinajstić information content (AvgIpc) is 2.75. The van der Waals surface area contributed by atoms with Gasteiger partial charge in [0.15, 0.2) is 11.5 Å². The maximum absolute atomic E-state index is 11.4. The van der Waals surface area contributed by atoms with E-state index in [9.17, 15) is 4.79 Å². The lowest BCUT2D eigenvalue weighted by Crippen LogP contribution is -2.43. The van der Waals surface area contributed by atoms with Crippen LogP contribution >= 0.6 is 0 Å². The molecule has 0 bridgehead atoms. The Hall–Kier alpha value is -3.06. The van der Waals surface area contributed by atoms with Gasteiger partial charge in [-0.2, -0.15) is 5.10 Å². The summed E-state index contributed by atoms with van der Waals surface area (Å²) in [5, 5.41) is 6.70. The van der Waals surface area contributed by atoms with E-state index in [2.05, 4.69) is 47.1 Å². The number of aryl methyl sites for hydroxylation is 2. The Kier molecular flexibility index (Phi) is 7.52. The predicted molar refractivity (Wildman–Crippen MR) is 121 cm³/mol. The molecule has 1 heterocycles. The van der Waals surface area contributed by atoms with Crippen molar-refractivity contribution in [2.75, 3.05) is 40.4 Å². The number of nitrogens with zero attached hydrogens (tertiary/aromatic N) is 3. The van der Waals surface area contributed by atoms with Crippen molar-refractivity contribution >= 4 is 12.2 Å². The fourth-order valence-electron chi connectivity index (χ4n) is 3.64. The molecule has 3 rings (SSSR count). The molecule has 2 aromatic carbocycles. The lowest BCUT2D eigenvalue weighted by molar-refractivity contribution is -0.132. The number of piperazine rings is 1. The molecule has 0 spiro atoms. The van der Waals surface area contributed by atoms with Gasteiger partial charge in [-0.3, -0.25) is 14.7 Å². The number of esters is 1. The maximum Gasteiger partial charge on any atom is 0.308 e. The third-order valence-electron chi connectivity index (χ3n) is 5.34. The Balaban J connectivity index is 1.62. The number of carbonyl (C=O) groups excluding carboxylic acids is 1. The molecule has 7 nitrogen and oxygen atoms in total. The Bertz CT molecular complexity index is 925. The minimum Gasteiger partial charge on any atom is -0.493 e. The van der Waals surface area contributed by atoms with Crippen LogP contribution in [0.25, 0.3) is 0 Å². The molecular weight excluding hydrogens is 394 g/mol. The first-order valence-electron chi connectivity index (χ1n) is 10.4. The number of methoxy groups -OCH3 is 2. The van der Waals surface area contributed by atoms with Crippen LogP contribution in [-0.2, 0) is 11.3 Å². The normalized spacial score (nSPS) is 14.7. The highest BCUT2D eigenvalue weighted by Gasteiger charge is 2.18. The smallest absolute Gasteiger partial charge is 0.308 e. The van der Waals surface area contributed by atoms with Crippen LogP contribution in [0.1, 0.15) is 29.2 Å². The molecule has 1 saturated heterocycles. The summed E-state index contributed by atoms with van der Waals surface area (Å²) in [5.41, 5.74) is 4.84. The molecule has 0 radical (unpaired) electrons. The number of benzene rings is 2. The van der Waals surface area contributed by atoms with Crippen LogP contribution < -0.4 is 14.2 Å². The van der Waals surface area contributed by atoms with Crippen LogP contribution in [0.15, 0.2) is 35.4 Å².